The molecule has 1 N–H and O–H groups in total. The predicted octanol–water partition coefficient (Wildman–Crippen LogP) is 3.48. The molecule has 11 heteroatoms. The number of pyridine rings is 1. The van der Waals surface area contributed by atoms with Crippen LogP contribution in [-0.4, -0.2) is 45.8 Å². The summed E-state index contributed by atoms with van der Waals surface area (Å²) < 4.78 is 14.8. The molecule has 0 bridgehead atoms. The number of thiophene rings is 1. The number of ether oxygens (including phenoxy) is 2. The van der Waals surface area contributed by atoms with Crippen LogP contribution in [0.1, 0.15) is 21.8 Å². The summed E-state index contributed by atoms with van der Waals surface area (Å²) in [5.41, 5.74) is 1.75. The second-order valence-electron chi connectivity index (χ2n) is 7.20. The molecule has 0 atom stereocenters. The van der Waals surface area contributed by atoms with Crippen LogP contribution in [0.4, 0.5) is 0 Å². The van der Waals surface area contributed by atoms with Crippen LogP contribution >= 0.6 is 22.9 Å². The van der Waals surface area contributed by atoms with E-state index in [1.54, 1.807) is 54.5 Å². The van der Waals surface area contributed by atoms with Gasteiger partial charge in [-0.15, -0.1) is 16.4 Å². The van der Waals surface area contributed by atoms with Crippen LogP contribution < -0.4 is 15.6 Å². The van der Waals surface area contributed by atoms with Gasteiger partial charge in [-0.2, -0.15) is 0 Å². The molecule has 0 spiro atoms. The third-order valence-corrected chi connectivity index (χ3v) is 6.04. The Hall–Kier alpha value is -3.47. The summed E-state index contributed by atoms with van der Waals surface area (Å²) in [5.74, 6) is 0.310. The quantitative estimate of drug-likeness (QED) is 0.335. The van der Waals surface area contributed by atoms with Gasteiger partial charge in [0.2, 0.25) is 0 Å². The van der Waals surface area contributed by atoms with E-state index in [1.807, 2.05) is 12.1 Å². The number of nitrogens with zero attached hydrogens (tertiary/aromatic N) is 4. The van der Waals surface area contributed by atoms with Crippen molar-refractivity contribution < 1.29 is 14.3 Å². The van der Waals surface area contributed by atoms with Crippen LogP contribution in [0.15, 0.2) is 65.7 Å². The molecule has 0 saturated heterocycles. The SMILES string of the molecule is COCCCOc1cc(-n2ccccc2=O)ccc1-n1cc(CNC(=O)c2ccc(Cl)s2)nn1. The highest BCUT2D eigenvalue weighted by Crippen LogP contribution is 2.26. The lowest BCUT2D eigenvalue weighted by Crippen LogP contribution is -2.21. The highest BCUT2D eigenvalue weighted by Gasteiger charge is 2.13. The third-order valence-electron chi connectivity index (χ3n) is 4.81. The zero-order valence-corrected chi connectivity index (χ0v) is 19.9. The Morgan fingerprint density at radius 3 is 2.82 bits per heavy atom. The average molecular weight is 500 g/mol. The number of carbonyl (C=O) groups is 1. The smallest absolute Gasteiger partial charge is 0.261 e. The molecule has 0 aliphatic heterocycles. The van der Waals surface area contributed by atoms with Crippen molar-refractivity contribution in [2.75, 3.05) is 20.3 Å². The van der Waals surface area contributed by atoms with Crippen molar-refractivity contribution >= 4 is 28.8 Å². The van der Waals surface area contributed by atoms with E-state index < -0.39 is 0 Å². The standard InChI is InChI=1S/C23H22ClN5O4S/c1-32-11-4-12-33-19-13-17(28-10-3-2-5-22(28)30)6-7-18(19)29-15-16(26-27-29)14-25-23(31)20-8-9-21(24)34-20/h2-3,5-10,13,15H,4,11-12,14H2,1H3,(H,25,31). The largest absolute Gasteiger partial charge is 0.491 e. The molecule has 0 saturated carbocycles. The molecule has 1 amide bonds. The lowest BCUT2D eigenvalue weighted by molar-refractivity contribution is 0.0954. The fourth-order valence-electron chi connectivity index (χ4n) is 3.18. The Morgan fingerprint density at radius 1 is 1.18 bits per heavy atom. The monoisotopic (exact) mass is 499 g/mol. The molecule has 0 radical (unpaired) electrons. The second kappa shape index (κ2) is 11.1. The molecule has 0 aliphatic rings. The van der Waals surface area contributed by atoms with E-state index in [9.17, 15) is 9.59 Å². The second-order valence-corrected chi connectivity index (χ2v) is 8.91. The Balaban J connectivity index is 1.55. The first kappa shape index (κ1) is 23.7. The van der Waals surface area contributed by atoms with E-state index in [1.165, 1.54) is 22.0 Å². The molecule has 0 unspecified atom stereocenters. The molecule has 3 heterocycles. The first-order valence-electron chi connectivity index (χ1n) is 10.4. The summed E-state index contributed by atoms with van der Waals surface area (Å²) in [5, 5.41) is 11.2. The van der Waals surface area contributed by atoms with Gasteiger partial charge in [-0.1, -0.05) is 22.9 Å². The number of methoxy groups -OCH3 is 1. The summed E-state index contributed by atoms with van der Waals surface area (Å²) in [6.07, 6.45) is 4.11. The number of hydrogen-bond donors (Lipinski definition) is 1. The summed E-state index contributed by atoms with van der Waals surface area (Å²) in [6.45, 7) is 1.20. The molecule has 0 fully saturated rings. The first-order chi connectivity index (χ1) is 16.5. The topological polar surface area (TPSA) is 100 Å². The zero-order valence-electron chi connectivity index (χ0n) is 18.3. The number of rotatable bonds is 10. The average Bonchev–Trinajstić information content (AvgIpc) is 3.50. The van der Waals surface area contributed by atoms with Crippen LogP contribution in [0.5, 0.6) is 5.75 Å². The van der Waals surface area contributed by atoms with Crippen molar-refractivity contribution in [1.82, 2.24) is 24.9 Å². The van der Waals surface area contributed by atoms with Gasteiger partial charge in [0.1, 0.15) is 17.1 Å². The molecular weight excluding hydrogens is 478 g/mol. The Morgan fingerprint density at radius 2 is 2.06 bits per heavy atom. The van der Waals surface area contributed by atoms with E-state index in [2.05, 4.69) is 15.6 Å². The van der Waals surface area contributed by atoms with E-state index in [0.717, 1.165) is 0 Å². The minimum atomic E-state index is -0.230. The molecule has 0 aliphatic carbocycles. The number of carbonyl (C=O) groups excluding carboxylic acids is 1. The van der Waals surface area contributed by atoms with Gasteiger partial charge in [-0.25, -0.2) is 4.68 Å². The van der Waals surface area contributed by atoms with Crippen LogP contribution in [0.25, 0.3) is 11.4 Å². The lowest BCUT2D eigenvalue weighted by atomic mass is 10.2. The lowest BCUT2D eigenvalue weighted by Gasteiger charge is -2.14. The Kier molecular flexibility index (Phi) is 7.73. The summed E-state index contributed by atoms with van der Waals surface area (Å²) >= 11 is 7.10. The molecule has 3 aromatic heterocycles. The van der Waals surface area contributed by atoms with Gasteiger partial charge in [-0.3, -0.25) is 14.2 Å². The Labute approximate surface area is 204 Å². The normalized spacial score (nSPS) is 10.9. The van der Waals surface area contributed by atoms with Crippen LogP contribution in [0, 0.1) is 0 Å². The minimum absolute atomic E-state index is 0.147. The predicted molar refractivity (Wildman–Crippen MR) is 129 cm³/mol. The molecular formula is C23H22ClN5O4S. The van der Waals surface area contributed by atoms with Gasteiger partial charge in [0.25, 0.3) is 11.5 Å². The Bertz CT molecular complexity index is 1330. The van der Waals surface area contributed by atoms with Crippen LogP contribution in [-0.2, 0) is 11.3 Å². The third kappa shape index (κ3) is 5.71. The van der Waals surface area contributed by atoms with Gasteiger partial charge in [-0.05, 0) is 30.3 Å². The number of nitrogens with one attached hydrogen (secondary N) is 1. The number of amides is 1. The number of aromatic nitrogens is 4. The first-order valence-corrected chi connectivity index (χ1v) is 11.6. The van der Waals surface area contributed by atoms with E-state index in [-0.39, 0.29) is 18.0 Å². The summed E-state index contributed by atoms with van der Waals surface area (Å²) in [6, 6.07) is 13.7. The summed E-state index contributed by atoms with van der Waals surface area (Å²) in [4.78, 5) is 25.0. The van der Waals surface area contributed by atoms with Crippen molar-refractivity contribution in [2.45, 2.75) is 13.0 Å². The highest BCUT2D eigenvalue weighted by atomic mass is 35.5. The molecule has 4 rings (SSSR count). The maximum Gasteiger partial charge on any atom is 0.261 e. The highest BCUT2D eigenvalue weighted by molar-refractivity contribution is 7.17. The maximum absolute atomic E-state index is 12.3. The number of benzene rings is 1. The van der Waals surface area contributed by atoms with Crippen LogP contribution in [0.3, 0.4) is 0 Å². The number of halogens is 1. The molecule has 1 aromatic carbocycles. The van der Waals surface area contributed by atoms with Crippen molar-refractivity contribution in [3.05, 3.63) is 86.2 Å². The molecule has 4 aromatic rings. The van der Waals surface area contributed by atoms with E-state index in [4.69, 9.17) is 21.1 Å². The van der Waals surface area contributed by atoms with Crippen molar-refractivity contribution in [3.63, 3.8) is 0 Å². The van der Waals surface area contributed by atoms with E-state index >= 15 is 0 Å². The van der Waals surface area contributed by atoms with Gasteiger partial charge in [0.05, 0.1) is 34.2 Å². The number of hydrogen-bond acceptors (Lipinski definition) is 7. The van der Waals surface area contributed by atoms with Gasteiger partial charge in [0.15, 0.2) is 0 Å². The van der Waals surface area contributed by atoms with E-state index in [0.29, 0.717) is 51.7 Å². The minimum Gasteiger partial charge on any atom is -0.491 e. The maximum atomic E-state index is 12.3. The van der Waals surface area contributed by atoms with Gasteiger partial charge >= 0.3 is 0 Å². The van der Waals surface area contributed by atoms with Crippen molar-refractivity contribution in [3.8, 4) is 17.1 Å². The molecule has 9 nitrogen and oxygen atoms in total. The van der Waals surface area contributed by atoms with Crippen molar-refractivity contribution in [2.24, 2.45) is 0 Å². The fraction of sp³-hybridized carbons (Fsp3) is 0.217. The van der Waals surface area contributed by atoms with Crippen molar-refractivity contribution in [1.29, 1.82) is 0 Å². The zero-order chi connectivity index (χ0) is 23.9. The fourth-order valence-corrected chi connectivity index (χ4v) is 4.13. The summed E-state index contributed by atoms with van der Waals surface area (Å²) in [7, 11) is 1.64. The van der Waals surface area contributed by atoms with Gasteiger partial charge < -0.3 is 14.8 Å². The molecule has 176 valence electrons. The van der Waals surface area contributed by atoms with Gasteiger partial charge in [0, 0.05) is 38.5 Å². The molecule has 34 heavy (non-hydrogen) atoms. The van der Waals surface area contributed by atoms with Crippen LogP contribution in [0.2, 0.25) is 4.34 Å².